The van der Waals surface area contributed by atoms with Gasteiger partial charge in [0.15, 0.2) is 5.78 Å². The summed E-state index contributed by atoms with van der Waals surface area (Å²) >= 11 is 0. The Morgan fingerprint density at radius 3 is 2.25 bits per heavy atom. The van der Waals surface area contributed by atoms with E-state index < -0.39 is 71.7 Å². The third-order valence-corrected chi connectivity index (χ3v) is 12.6. The first kappa shape index (κ1) is 46.7. The quantitative estimate of drug-likeness (QED) is 0.173. The summed E-state index contributed by atoms with van der Waals surface area (Å²) in [6.07, 6.45) is 12.1. The van der Waals surface area contributed by atoms with Crippen LogP contribution in [-0.2, 0) is 47.6 Å². The number of piperidine rings is 1. The fourth-order valence-corrected chi connectivity index (χ4v) is 9.38. The molecule has 0 aromatic carbocycles. The summed E-state index contributed by atoms with van der Waals surface area (Å²) in [5.41, 5.74) is 1.83. The maximum Gasteiger partial charge on any atom is 0.329 e. The van der Waals surface area contributed by atoms with Crippen molar-refractivity contribution < 1.29 is 52.7 Å². The molecule has 1 aliphatic carbocycles. The van der Waals surface area contributed by atoms with E-state index in [1.165, 1.54) is 4.90 Å². The molecular weight excluding hydrogens is 730 g/mol. The second kappa shape index (κ2) is 21.3. The van der Waals surface area contributed by atoms with Crippen LogP contribution in [0.4, 0.5) is 0 Å². The molecule has 2 bridgehead atoms. The van der Waals surface area contributed by atoms with E-state index in [4.69, 9.17) is 28.4 Å². The van der Waals surface area contributed by atoms with Crippen molar-refractivity contribution in [2.75, 3.05) is 35.0 Å². The SMILES string of the molecule is C=CCC1/C=C(/C)CC(C)CC(OC)C2OC(O)(C(=O)C(=O)N3CCCCC3C(=O)OC(/C(C)=C/C3CCC(OC)C(OC)C3)C(C)/C=C\C1=O)C(C)CC2OC. The van der Waals surface area contributed by atoms with E-state index in [-0.39, 0.29) is 49.2 Å². The Balaban J connectivity index is 1.77. The lowest BCUT2D eigenvalue weighted by Crippen LogP contribution is -2.64. The fraction of sp³-hybridized carbons (Fsp3) is 0.733. The lowest BCUT2D eigenvalue weighted by Gasteiger charge is -2.47. The molecular formula is C45H69NO11. The van der Waals surface area contributed by atoms with Crippen molar-refractivity contribution in [3.05, 3.63) is 48.1 Å². The van der Waals surface area contributed by atoms with E-state index in [2.05, 4.69) is 19.6 Å². The van der Waals surface area contributed by atoms with E-state index >= 15 is 0 Å². The zero-order chi connectivity index (χ0) is 42.0. The lowest BCUT2D eigenvalue weighted by atomic mass is 9.82. The summed E-state index contributed by atoms with van der Waals surface area (Å²) in [5.74, 6) is -6.80. The molecule has 0 radical (unpaired) electrons. The normalized spacial score (nSPS) is 39.9. The number of hydrogen-bond acceptors (Lipinski definition) is 11. The van der Waals surface area contributed by atoms with E-state index in [9.17, 15) is 24.3 Å². The zero-order valence-electron chi connectivity index (χ0n) is 35.8. The number of rotatable bonds is 8. The number of esters is 1. The molecule has 57 heavy (non-hydrogen) atoms. The number of methoxy groups -OCH3 is 4. The van der Waals surface area contributed by atoms with Crippen LogP contribution in [0.2, 0.25) is 0 Å². The highest BCUT2D eigenvalue weighted by Crippen LogP contribution is 2.39. The molecule has 13 unspecified atom stereocenters. The molecule has 1 amide bonds. The first-order chi connectivity index (χ1) is 27.1. The predicted octanol–water partition coefficient (Wildman–Crippen LogP) is 6.10. The summed E-state index contributed by atoms with van der Waals surface area (Å²) < 4.78 is 35.8. The molecule has 0 aromatic rings. The molecule has 1 saturated carbocycles. The highest BCUT2D eigenvalue weighted by Gasteiger charge is 2.56. The molecule has 320 valence electrons. The van der Waals surface area contributed by atoms with Crippen molar-refractivity contribution >= 4 is 23.4 Å². The Hall–Kier alpha value is -3.00. The number of ether oxygens (including phenoxy) is 6. The van der Waals surface area contributed by atoms with Crippen LogP contribution in [0.15, 0.2) is 48.1 Å². The van der Waals surface area contributed by atoms with Crippen molar-refractivity contribution in [1.29, 1.82) is 0 Å². The summed E-state index contributed by atoms with van der Waals surface area (Å²) in [6, 6.07) is -1.06. The molecule has 12 heteroatoms. The Morgan fingerprint density at radius 2 is 1.60 bits per heavy atom. The summed E-state index contributed by atoms with van der Waals surface area (Å²) in [7, 11) is 6.46. The number of ketones is 2. The second-order valence-electron chi connectivity index (χ2n) is 17.0. The Morgan fingerprint density at radius 1 is 0.930 bits per heavy atom. The van der Waals surface area contributed by atoms with E-state index in [0.717, 1.165) is 30.4 Å². The average molecular weight is 800 g/mol. The Kier molecular flexibility index (Phi) is 17.5. The van der Waals surface area contributed by atoms with Gasteiger partial charge in [0.2, 0.25) is 5.79 Å². The predicted molar refractivity (Wildman–Crippen MR) is 216 cm³/mol. The summed E-state index contributed by atoms with van der Waals surface area (Å²) in [4.78, 5) is 57.8. The number of nitrogens with zero attached hydrogens (tertiary/aromatic N) is 1. The van der Waals surface area contributed by atoms with Gasteiger partial charge in [0.25, 0.3) is 11.7 Å². The molecule has 2 saturated heterocycles. The van der Waals surface area contributed by atoms with Gasteiger partial charge in [0, 0.05) is 52.7 Å². The van der Waals surface area contributed by atoms with Gasteiger partial charge >= 0.3 is 5.97 Å². The molecule has 1 N–H and O–H groups in total. The van der Waals surface area contributed by atoms with Crippen molar-refractivity contribution in [3.8, 4) is 0 Å². The number of allylic oxidation sites excluding steroid dienone is 5. The third-order valence-electron chi connectivity index (χ3n) is 12.6. The Labute approximate surface area is 340 Å². The number of carbonyl (C=O) groups is 4. The third kappa shape index (κ3) is 11.4. The van der Waals surface area contributed by atoms with Crippen LogP contribution in [0.3, 0.4) is 0 Å². The standard InChI is InChI=1S/C45H69NO11/c1-11-14-33-22-27(2)21-28(3)23-38(54-9)41-39(55-10)25-31(6)45(51,57-41)42(48)43(49)46-20-13-12-15-34(46)44(50)56-40(29(4)16-18-35(33)47)30(5)24-32-17-19-36(52-7)37(26-32)53-8/h11,16,18,22,24,28-29,31-34,36-41,51H,1,12-15,17,19-21,23,25-26H2,2-10H3/b18-16-,27-22-,30-24+. The smallest absolute Gasteiger partial charge is 0.329 e. The monoisotopic (exact) mass is 799 g/mol. The summed E-state index contributed by atoms with van der Waals surface area (Å²) in [6.45, 7) is 13.6. The molecule has 12 nitrogen and oxygen atoms in total. The first-order valence-electron chi connectivity index (χ1n) is 20.9. The van der Waals surface area contributed by atoms with Gasteiger partial charge in [0.05, 0.1) is 24.4 Å². The van der Waals surface area contributed by atoms with Crippen LogP contribution in [0.5, 0.6) is 0 Å². The minimum absolute atomic E-state index is 0.00413. The van der Waals surface area contributed by atoms with E-state index in [0.29, 0.717) is 32.1 Å². The van der Waals surface area contributed by atoms with Crippen molar-refractivity contribution in [2.24, 2.45) is 29.6 Å². The fourth-order valence-electron chi connectivity index (χ4n) is 9.38. The van der Waals surface area contributed by atoms with Crippen LogP contribution in [0.25, 0.3) is 0 Å². The maximum atomic E-state index is 14.3. The van der Waals surface area contributed by atoms with Crippen molar-refractivity contribution in [1.82, 2.24) is 4.90 Å². The highest BCUT2D eigenvalue weighted by molar-refractivity contribution is 6.39. The van der Waals surface area contributed by atoms with E-state index in [1.54, 1.807) is 53.6 Å². The van der Waals surface area contributed by atoms with Gasteiger partial charge in [-0.05, 0) is 102 Å². The largest absolute Gasteiger partial charge is 0.456 e. The zero-order valence-corrected chi connectivity index (χ0v) is 35.8. The number of amides is 1. The van der Waals surface area contributed by atoms with Crippen LogP contribution >= 0.6 is 0 Å². The van der Waals surface area contributed by atoms with Crippen LogP contribution in [0, 0.1) is 29.6 Å². The Bertz CT molecular complexity index is 1510. The molecule has 4 aliphatic rings. The number of hydrogen-bond donors (Lipinski definition) is 1. The van der Waals surface area contributed by atoms with Gasteiger partial charge in [0.1, 0.15) is 18.2 Å². The average Bonchev–Trinajstić information content (AvgIpc) is 3.20. The number of Topliss-reactive ketones (excluding diaryl/α,β-unsaturated/α-hetero) is 1. The first-order valence-corrected chi connectivity index (χ1v) is 20.9. The number of cyclic esters (lactones) is 1. The van der Waals surface area contributed by atoms with Gasteiger partial charge in [-0.15, -0.1) is 6.58 Å². The number of fused-ring (bicyclic) bond motifs is 3. The lowest BCUT2D eigenvalue weighted by molar-refractivity contribution is -0.302. The van der Waals surface area contributed by atoms with Gasteiger partial charge in [-0.25, -0.2) is 4.79 Å². The highest BCUT2D eigenvalue weighted by atomic mass is 16.7. The molecule has 13 atom stereocenters. The molecule has 3 heterocycles. The molecule has 0 spiro atoms. The minimum Gasteiger partial charge on any atom is -0.456 e. The van der Waals surface area contributed by atoms with Gasteiger partial charge in [-0.2, -0.15) is 0 Å². The van der Waals surface area contributed by atoms with Crippen LogP contribution < -0.4 is 0 Å². The van der Waals surface area contributed by atoms with Gasteiger partial charge < -0.3 is 38.4 Å². The molecule has 3 fully saturated rings. The summed E-state index contributed by atoms with van der Waals surface area (Å²) in [5, 5.41) is 12.0. The van der Waals surface area contributed by atoms with Gasteiger partial charge in [-0.1, -0.05) is 50.6 Å². The molecule has 0 aromatic heterocycles. The topological polar surface area (TPSA) is 147 Å². The van der Waals surface area contributed by atoms with Gasteiger partial charge in [-0.3, -0.25) is 14.4 Å². The van der Waals surface area contributed by atoms with Crippen LogP contribution in [0.1, 0.15) is 98.8 Å². The van der Waals surface area contributed by atoms with E-state index in [1.807, 2.05) is 26.8 Å². The number of carbonyl (C=O) groups excluding carboxylic acids is 4. The van der Waals surface area contributed by atoms with Crippen LogP contribution in [-0.4, -0.2) is 117 Å². The minimum atomic E-state index is -2.47. The van der Waals surface area contributed by atoms with Crippen molar-refractivity contribution in [2.45, 2.75) is 147 Å². The number of aliphatic hydroxyl groups is 1. The second-order valence-corrected chi connectivity index (χ2v) is 17.0. The molecule has 4 rings (SSSR count). The maximum absolute atomic E-state index is 14.3. The molecule has 3 aliphatic heterocycles. The van der Waals surface area contributed by atoms with Crippen molar-refractivity contribution in [3.63, 3.8) is 0 Å².